The second-order valence-electron chi connectivity index (χ2n) is 4.81. The molecule has 1 unspecified atom stereocenters. The highest BCUT2D eigenvalue weighted by atomic mass is 16.4. The van der Waals surface area contributed by atoms with Crippen molar-refractivity contribution in [2.45, 2.75) is 19.4 Å². The molecule has 0 bridgehead atoms. The summed E-state index contributed by atoms with van der Waals surface area (Å²) in [5.41, 5.74) is 1.16. The molecule has 1 amide bonds. The van der Waals surface area contributed by atoms with Crippen LogP contribution in [0.4, 0.5) is 0 Å². The number of aliphatic carboxylic acids is 1. The molecule has 0 radical (unpaired) electrons. The SMILES string of the molecule is Cc1ccnc(C(=O)N2CCc3occc3C2C(=O)O)n1. The van der Waals surface area contributed by atoms with Gasteiger partial charge < -0.3 is 14.4 Å². The molecular weight excluding hydrogens is 274 g/mol. The fraction of sp³-hybridized carbons (Fsp3) is 0.286. The number of nitrogens with zero attached hydrogens (tertiary/aromatic N) is 3. The van der Waals surface area contributed by atoms with Gasteiger partial charge in [0.1, 0.15) is 5.76 Å². The Balaban J connectivity index is 1.98. The van der Waals surface area contributed by atoms with Gasteiger partial charge in [0.25, 0.3) is 5.91 Å². The minimum Gasteiger partial charge on any atom is -0.479 e. The lowest BCUT2D eigenvalue weighted by atomic mass is 9.99. The van der Waals surface area contributed by atoms with Crippen LogP contribution in [0.5, 0.6) is 0 Å². The lowest BCUT2D eigenvalue weighted by Crippen LogP contribution is -2.43. The molecule has 2 aromatic heterocycles. The van der Waals surface area contributed by atoms with Gasteiger partial charge in [-0.05, 0) is 19.1 Å². The van der Waals surface area contributed by atoms with Crippen molar-refractivity contribution in [3.63, 3.8) is 0 Å². The first-order valence-corrected chi connectivity index (χ1v) is 6.47. The lowest BCUT2D eigenvalue weighted by molar-refractivity contribution is -0.143. The van der Waals surface area contributed by atoms with Crippen molar-refractivity contribution in [2.75, 3.05) is 6.54 Å². The summed E-state index contributed by atoms with van der Waals surface area (Å²) in [4.78, 5) is 33.3. The van der Waals surface area contributed by atoms with E-state index in [-0.39, 0.29) is 12.4 Å². The van der Waals surface area contributed by atoms with E-state index in [2.05, 4.69) is 9.97 Å². The Hall–Kier alpha value is -2.70. The summed E-state index contributed by atoms with van der Waals surface area (Å²) in [5.74, 6) is -0.971. The highest BCUT2D eigenvalue weighted by Gasteiger charge is 2.38. The molecule has 7 heteroatoms. The number of aryl methyl sites for hydroxylation is 1. The zero-order valence-electron chi connectivity index (χ0n) is 11.3. The van der Waals surface area contributed by atoms with Crippen LogP contribution >= 0.6 is 0 Å². The van der Waals surface area contributed by atoms with Crippen LogP contribution in [-0.2, 0) is 11.2 Å². The number of carbonyl (C=O) groups excluding carboxylic acids is 1. The molecule has 7 nitrogen and oxygen atoms in total. The van der Waals surface area contributed by atoms with Crippen LogP contribution in [0.3, 0.4) is 0 Å². The maximum absolute atomic E-state index is 12.5. The molecular formula is C14H13N3O4. The van der Waals surface area contributed by atoms with E-state index < -0.39 is 17.9 Å². The van der Waals surface area contributed by atoms with Crippen LogP contribution in [0.2, 0.25) is 0 Å². The molecule has 3 heterocycles. The van der Waals surface area contributed by atoms with Crippen LogP contribution in [0, 0.1) is 6.92 Å². The van der Waals surface area contributed by atoms with E-state index in [1.54, 1.807) is 19.1 Å². The summed E-state index contributed by atoms with van der Waals surface area (Å²) in [5, 5.41) is 9.45. The third kappa shape index (κ3) is 2.26. The smallest absolute Gasteiger partial charge is 0.331 e. The van der Waals surface area contributed by atoms with Crippen molar-refractivity contribution in [3.8, 4) is 0 Å². The number of hydrogen-bond acceptors (Lipinski definition) is 5. The third-order valence-corrected chi connectivity index (χ3v) is 3.45. The van der Waals surface area contributed by atoms with Crippen LogP contribution in [0.1, 0.15) is 33.7 Å². The Morgan fingerprint density at radius 2 is 2.24 bits per heavy atom. The van der Waals surface area contributed by atoms with Crippen molar-refractivity contribution >= 4 is 11.9 Å². The predicted octanol–water partition coefficient (Wildman–Crippen LogP) is 1.20. The summed E-state index contributed by atoms with van der Waals surface area (Å²) in [7, 11) is 0. The van der Waals surface area contributed by atoms with E-state index >= 15 is 0 Å². The molecule has 108 valence electrons. The number of fused-ring (bicyclic) bond motifs is 1. The Kier molecular flexibility index (Phi) is 3.17. The molecule has 1 aliphatic heterocycles. The molecule has 1 atom stereocenters. The van der Waals surface area contributed by atoms with E-state index in [4.69, 9.17) is 4.42 Å². The molecule has 1 N–H and O–H groups in total. The first kappa shape index (κ1) is 13.3. The van der Waals surface area contributed by atoms with Gasteiger partial charge in [-0.1, -0.05) is 0 Å². The topological polar surface area (TPSA) is 96.5 Å². The minimum atomic E-state index is -1.10. The average Bonchev–Trinajstić information content (AvgIpc) is 2.93. The van der Waals surface area contributed by atoms with Gasteiger partial charge in [-0.25, -0.2) is 14.8 Å². The summed E-state index contributed by atoms with van der Waals surface area (Å²) >= 11 is 0. The molecule has 1 aliphatic rings. The summed E-state index contributed by atoms with van der Waals surface area (Å²) in [6, 6.07) is 2.20. The molecule has 0 aromatic carbocycles. The zero-order chi connectivity index (χ0) is 15.0. The number of amides is 1. The quantitative estimate of drug-likeness (QED) is 0.891. The normalized spacial score (nSPS) is 17.4. The van der Waals surface area contributed by atoms with E-state index in [0.29, 0.717) is 23.4 Å². The van der Waals surface area contributed by atoms with Crippen molar-refractivity contribution in [1.82, 2.24) is 14.9 Å². The molecule has 0 aliphatic carbocycles. The number of carboxylic acid groups (broad SMARTS) is 1. The highest BCUT2D eigenvalue weighted by molar-refractivity contribution is 5.94. The maximum Gasteiger partial charge on any atom is 0.331 e. The molecule has 0 saturated heterocycles. The number of hydrogen-bond donors (Lipinski definition) is 1. The third-order valence-electron chi connectivity index (χ3n) is 3.45. The molecule has 0 spiro atoms. The van der Waals surface area contributed by atoms with Crippen LogP contribution in [0.15, 0.2) is 29.0 Å². The minimum absolute atomic E-state index is 0.00759. The average molecular weight is 287 g/mol. The molecule has 21 heavy (non-hydrogen) atoms. The highest BCUT2D eigenvalue weighted by Crippen LogP contribution is 2.31. The van der Waals surface area contributed by atoms with E-state index in [1.807, 2.05) is 0 Å². The second-order valence-corrected chi connectivity index (χ2v) is 4.81. The summed E-state index contributed by atoms with van der Waals surface area (Å²) < 4.78 is 5.26. The fourth-order valence-corrected chi connectivity index (χ4v) is 2.48. The van der Waals surface area contributed by atoms with Gasteiger partial charge in [0.15, 0.2) is 6.04 Å². The Morgan fingerprint density at radius 3 is 2.95 bits per heavy atom. The largest absolute Gasteiger partial charge is 0.479 e. The van der Waals surface area contributed by atoms with E-state index in [9.17, 15) is 14.7 Å². The zero-order valence-corrected chi connectivity index (χ0v) is 11.3. The van der Waals surface area contributed by atoms with Crippen molar-refractivity contribution in [1.29, 1.82) is 0 Å². The number of carbonyl (C=O) groups is 2. The lowest BCUT2D eigenvalue weighted by Gasteiger charge is -2.31. The number of furan rings is 1. The Labute approximate surface area is 120 Å². The van der Waals surface area contributed by atoms with Gasteiger partial charge in [-0.2, -0.15) is 0 Å². The fourth-order valence-electron chi connectivity index (χ4n) is 2.48. The second kappa shape index (κ2) is 5.01. The molecule has 0 saturated carbocycles. The summed E-state index contributed by atoms with van der Waals surface area (Å²) in [6.07, 6.45) is 3.40. The van der Waals surface area contributed by atoms with Crippen LogP contribution in [0.25, 0.3) is 0 Å². The van der Waals surface area contributed by atoms with E-state index in [1.165, 1.54) is 17.4 Å². The van der Waals surface area contributed by atoms with Crippen molar-refractivity contribution < 1.29 is 19.1 Å². The number of carboxylic acids is 1. The molecule has 2 aromatic rings. The van der Waals surface area contributed by atoms with Gasteiger partial charge in [0.05, 0.1) is 6.26 Å². The standard InChI is InChI=1S/C14H13N3O4/c1-8-2-5-15-12(16-8)13(18)17-6-3-10-9(4-7-21-10)11(17)14(19)20/h2,4-5,7,11H,3,6H2,1H3,(H,19,20). The van der Waals surface area contributed by atoms with Gasteiger partial charge in [-0.15, -0.1) is 0 Å². The van der Waals surface area contributed by atoms with Gasteiger partial charge in [0, 0.05) is 30.4 Å². The van der Waals surface area contributed by atoms with Crippen molar-refractivity contribution in [3.05, 3.63) is 47.4 Å². The number of aromatic nitrogens is 2. The van der Waals surface area contributed by atoms with E-state index in [0.717, 1.165) is 0 Å². The maximum atomic E-state index is 12.5. The summed E-state index contributed by atoms with van der Waals surface area (Å²) in [6.45, 7) is 2.01. The monoisotopic (exact) mass is 287 g/mol. The van der Waals surface area contributed by atoms with Crippen LogP contribution in [-0.4, -0.2) is 38.4 Å². The Bertz CT molecular complexity index is 710. The van der Waals surface area contributed by atoms with Gasteiger partial charge in [-0.3, -0.25) is 4.79 Å². The Morgan fingerprint density at radius 1 is 1.43 bits per heavy atom. The first-order valence-electron chi connectivity index (χ1n) is 6.47. The van der Waals surface area contributed by atoms with Crippen LogP contribution < -0.4 is 0 Å². The van der Waals surface area contributed by atoms with Crippen molar-refractivity contribution in [2.24, 2.45) is 0 Å². The molecule has 3 rings (SSSR count). The van der Waals surface area contributed by atoms with Gasteiger partial charge >= 0.3 is 5.97 Å². The van der Waals surface area contributed by atoms with Gasteiger partial charge in [0.2, 0.25) is 5.82 Å². The predicted molar refractivity (Wildman–Crippen MR) is 70.6 cm³/mol. The molecule has 0 fully saturated rings. The first-order chi connectivity index (χ1) is 10.1. The number of rotatable bonds is 2.